The summed E-state index contributed by atoms with van der Waals surface area (Å²) in [5.41, 5.74) is 0. The smallest absolute Gasteiger partial charge is 0.332 e. The van der Waals surface area contributed by atoms with Gasteiger partial charge >= 0.3 is 17.9 Å². The van der Waals surface area contributed by atoms with E-state index in [0.29, 0.717) is 19.3 Å². The summed E-state index contributed by atoms with van der Waals surface area (Å²) < 4.78 is 32.6. The van der Waals surface area contributed by atoms with Crippen LogP contribution in [0.1, 0.15) is 44.9 Å². The molecule has 5 rings (SSSR count). The number of aliphatic carboxylic acids is 1. The van der Waals surface area contributed by atoms with Gasteiger partial charge in [-0.15, -0.1) is 0 Å². The van der Waals surface area contributed by atoms with Crippen molar-refractivity contribution in [2.24, 2.45) is 17.8 Å². The normalized spacial score (nSPS) is 47.2. The fourth-order valence-electron chi connectivity index (χ4n) is 7.60. The van der Waals surface area contributed by atoms with Gasteiger partial charge in [0, 0.05) is 24.7 Å². The molecule has 5 fully saturated rings. The van der Waals surface area contributed by atoms with Crippen LogP contribution in [0.15, 0.2) is 0 Å². The van der Waals surface area contributed by atoms with Crippen molar-refractivity contribution in [3.8, 4) is 0 Å². The number of hydrogen-bond acceptors (Lipinski definition) is 14. The number of ether oxygens (including phenoxy) is 6. The molecular weight excluding hydrogens is 592 g/mol. The van der Waals surface area contributed by atoms with Crippen molar-refractivity contribution in [1.82, 2.24) is 0 Å². The van der Waals surface area contributed by atoms with Crippen molar-refractivity contribution in [2.75, 3.05) is 13.7 Å². The van der Waals surface area contributed by atoms with Crippen LogP contribution >= 0.6 is 0 Å². The molecule has 3 aliphatic heterocycles. The van der Waals surface area contributed by atoms with Crippen molar-refractivity contribution >= 4 is 17.9 Å². The van der Waals surface area contributed by atoms with E-state index in [1.807, 2.05) is 0 Å². The molecule has 0 aromatic heterocycles. The van der Waals surface area contributed by atoms with Crippen LogP contribution in [-0.2, 0) is 38.1 Å². The first-order valence-electron chi connectivity index (χ1n) is 15.1. The number of carbonyl (C=O) groups excluding carboxylic acids is 2. The number of carbonyl (C=O) groups is 3. The molecule has 250 valence electrons. The van der Waals surface area contributed by atoms with Crippen LogP contribution in [0, 0.1) is 17.8 Å². The number of hydrogen-bond donors (Lipinski definition) is 7. The second-order valence-corrected chi connectivity index (χ2v) is 12.6. The fraction of sp³-hybridized carbons (Fsp3) is 0.893. The summed E-state index contributed by atoms with van der Waals surface area (Å²) in [7, 11) is 1.10. The molecule has 0 aromatic rings. The summed E-state index contributed by atoms with van der Waals surface area (Å²) >= 11 is 0. The zero-order chi connectivity index (χ0) is 31.9. The van der Waals surface area contributed by atoms with Gasteiger partial charge in [-0.1, -0.05) is 0 Å². The third-order valence-electron chi connectivity index (χ3n) is 9.80. The third-order valence-corrected chi connectivity index (χ3v) is 9.80. The molecule has 0 radical (unpaired) electrons. The van der Waals surface area contributed by atoms with Gasteiger partial charge in [-0.05, 0) is 25.7 Å². The van der Waals surface area contributed by atoms with Gasteiger partial charge in [0.05, 0.1) is 37.4 Å². The standard InChI is InChI=1S/C28H42O16/c1-39-19(32)8-20(33)40-9-18-22(34)23(35)24(36)28(43-18)44-26-12-7-17(27(37)38)41-15-5-11(29)6-16(21(12)15)42-25(26)10-2-3-13(30)14(31)4-10/h10-18,21-26,28-31,34-36H,2-9H2,1H3,(H,37,38)/p+1. The number of methoxy groups -OCH3 is 1. The van der Waals surface area contributed by atoms with Crippen LogP contribution < -0.4 is 0 Å². The highest BCUT2D eigenvalue weighted by atomic mass is 16.7. The largest absolute Gasteiger partial charge is 0.479 e. The van der Waals surface area contributed by atoms with Crippen molar-refractivity contribution in [3.63, 3.8) is 0 Å². The molecule has 16 heteroatoms. The molecular formula is C28H43O16+. The summed E-state index contributed by atoms with van der Waals surface area (Å²) in [5, 5.41) is 73.3. The maximum absolute atomic E-state index is 12.1. The Morgan fingerprint density at radius 1 is 0.864 bits per heavy atom. The average Bonchev–Trinajstić information content (AvgIpc) is 2.98. The molecule has 8 N–H and O–H groups in total. The number of aliphatic hydroxyl groups excluding tert-OH is 6. The zero-order valence-corrected chi connectivity index (χ0v) is 24.2. The van der Waals surface area contributed by atoms with Gasteiger partial charge in [-0.2, -0.15) is 0 Å². The summed E-state index contributed by atoms with van der Waals surface area (Å²) in [5.74, 6) is -4.14. The monoisotopic (exact) mass is 635 g/mol. The minimum absolute atomic E-state index is 0.0280. The maximum atomic E-state index is 12.1. The molecule has 0 spiro atoms. The van der Waals surface area contributed by atoms with Gasteiger partial charge in [0.1, 0.15) is 43.5 Å². The lowest BCUT2D eigenvalue weighted by Gasteiger charge is -2.55. The van der Waals surface area contributed by atoms with Gasteiger partial charge in [0.15, 0.2) is 24.6 Å². The van der Waals surface area contributed by atoms with Crippen LogP contribution in [0.3, 0.4) is 0 Å². The average molecular weight is 636 g/mol. The van der Waals surface area contributed by atoms with E-state index in [1.165, 1.54) is 0 Å². The number of carboxylic acid groups (broad SMARTS) is 1. The fourth-order valence-corrected chi connectivity index (χ4v) is 7.60. The molecule has 0 aromatic carbocycles. The molecule has 16 unspecified atom stereocenters. The topological polar surface area (TPSA) is 252 Å². The molecule has 16 nitrogen and oxygen atoms in total. The molecule has 2 saturated carbocycles. The van der Waals surface area contributed by atoms with Crippen LogP contribution in [0.2, 0.25) is 0 Å². The van der Waals surface area contributed by atoms with Gasteiger partial charge in [-0.25, -0.2) is 4.79 Å². The second kappa shape index (κ2) is 13.8. The maximum Gasteiger partial charge on any atom is 0.332 e. The Balaban J connectivity index is 1.41. The van der Waals surface area contributed by atoms with Gasteiger partial charge in [-0.3, -0.25) is 9.59 Å². The lowest BCUT2D eigenvalue weighted by molar-refractivity contribution is -0.379. The highest BCUT2D eigenvalue weighted by molar-refractivity contribution is 5.91. The van der Waals surface area contributed by atoms with E-state index in [2.05, 4.69) is 4.74 Å². The molecule has 0 amide bonds. The van der Waals surface area contributed by atoms with E-state index in [9.17, 15) is 50.1 Å². The Morgan fingerprint density at radius 3 is 2.30 bits per heavy atom. The van der Waals surface area contributed by atoms with Gasteiger partial charge < -0.3 is 64.2 Å². The highest BCUT2D eigenvalue weighted by Gasteiger charge is 2.62. The predicted molar refractivity (Wildman–Crippen MR) is 141 cm³/mol. The molecule has 44 heavy (non-hydrogen) atoms. The van der Waals surface area contributed by atoms with Crippen LogP contribution in [0.4, 0.5) is 0 Å². The van der Waals surface area contributed by atoms with E-state index in [4.69, 9.17) is 23.7 Å². The van der Waals surface area contributed by atoms with E-state index in [0.717, 1.165) is 7.11 Å². The lowest BCUT2D eigenvalue weighted by Crippen LogP contribution is -2.68. The van der Waals surface area contributed by atoms with E-state index >= 15 is 0 Å². The Bertz CT molecular complexity index is 1040. The molecule has 16 atom stereocenters. The van der Waals surface area contributed by atoms with Gasteiger partial charge in [0.2, 0.25) is 0 Å². The first-order valence-corrected chi connectivity index (χ1v) is 15.1. The minimum atomic E-state index is -1.78. The summed E-state index contributed by atoms with van der Waals surface area (Å²) in [4.78, 5) is 35.5. The summed E-state index contributed by atoms with van der Waals surface area (Å²) in [6.07, 6.45) is -13.9. The van der Waals surface area contributed by atoms with Crippen LogP contribution in [0.5, 0.6) is 0 Å². The van der Waals surface area contributed by atoms with Crippen molar-refractivity contribution in [3.05, 3.63) is 0 Å². The number of rotatable bonds is 8. The predicted octanol–water partition coefficient (Wildman–Crippen LogP) is -3.28. The van der Waals surface area contributed by atoms with Crippen LogP contribution in [-0.4, -0.2) is 152 Å². The van der Waals surface area contributed by atoms with Crippen molar-refractivity contribution < 1.29 is 78.6 Å². The number of esters is 2. The molecule has 3 heterocycles. The zero-order valence-electron chi connectivity index (χ0n) is 24.2. The number of carboxylic acids is 1. The minimum Gasteiger partial charge on any atom is -0.479 e. The Morgan fingerprint density at radius 2 is 1.61 bits per heavy atom. The molecule has 5 aliphatic rings. The summed E-state index contributed by atoms with van der Waals surface area (Å²) in [6, 6.07) is 0. The lowest BCUT2D eigenvalue weighted by atomic mass is 9.64. The second-order valence-electron chi connectivity index (χ2n) is 12.6. The molecule has 3 saturated heterocycles. The van der Waals surface area contributed by atoms with E-state index < -0.39 is 116 Å². The molecule has 2 aliphatic carbocycles. The number of aliphatic hydroxyl groups is 8. The first-order chi connectivity index (χ1) is 20.9. The first kappa shape index (κ1) is 33.4. The Hall–Kier alpha value is -1.99. The van der Waals surface area contributed by atoms with Crippen molar-refractivity contribution in [2.45, 2.75) is 124 Å². The quantitative estimate of drug-likeness (QED) is 0.0784. The summed E-state index contributed by atoms with van der Waals surface area (Å²) in [6.45, 7) is -0.588. The highest BCUT2D eigenvalue weighted by Crippen LogP contribution is 2.50. The Labute approximate surface area is 252 Å². The van der Waals surface area contributed by atoms with Gasteiger partial charge in [0.25, 0.3) is 0 Å². The Kier molecular flexibility index (Phi) is 10.5. The van der Waals surface area contributed by atoms with E-state index in [-0.39, 0.29) is 31.1 Å². The van der Waals surface area contributed by atoms with Crippen LogP contribution in [0.25, 0.3) is 0 Å². The van der Waals surface area contributed by atoms with Crippen molar-refractivity contribution in [1.29, 1.82) is 0 Å². The third kappa shape index (κ3) is 6.89. The SMILES string of the molecule is COC(=O)CC(=O)OCC1OC(OC2C3CC(C(=O)O)OC4CC(O)CC([OH+]C2C2CCC(O)C(O)C2)C43)C(O)C(O)C1O. The van der Waals surface area contributed by atoms with E-state index in [1.54, 1.807) is 0 Å². The molecule has 0 bridgehead atoms.